The molecule has 2 aromatic heterocycles. The molecule has 7 nitrogen and oxygen atoms in total. The molecule has 0 radical (unpaired) electrons. The Morgan fingerprint density at radius 3 is 2.53 bits per heavy atom. The number of halogens is 4. The van der Waals surface area contributed by atoms with E-state index in [-0.39, 0.29) is 41.9 Å². The van der Waals surface area contributed by atoms with Gasteiger partial charge in [0.15, 0.2) is 0 Å². The summed E-state index contributed by atoms with van der Waals surface area (Å²) in [7, 11) is 0. The number of hydrogen-bond donors (Lipinski definition) is 0. The third-order valence-corrected chi connectivity index (χ3v) is 4.65. The van der Waals surface area contributed by atoms with E-state index in [0.29, 0.717) is 6.20 Å². The van der Waals surface area contributed by atoms with Gasteiger partial charge in [-0.25, -0.2) is 9.37 Å². The van der Waals surface area contributed by atoms with Crippen LogP contribution in [0.3, 0.4) is 0 Å². The summed E-state index contributed by atoms with van der Waals surface area (Å²) in [5.41, 5.74) is -0.956. The molecule has 32 heavy (non-hydrogen) atoms. The van der Waals surface area contributed by atoms with E-state index in [1.807, 2.05) is 0 Å². The summed E-state index contributed by atoms with van der Waals surface area (Å²) < 4.78 is 63.3. The Labute approximate surface area is 181 Å². The van der Waals surface area contributed by atoms with Gasteiger partial charge in [-0.05, 0) is 32.0 Å². The first kappa shape index (κ1) is 23.2. The fraction of sp³-hybridized carbons (Fsp3) is 0.333. The van der Waals surface area contributed by atoms with Gasteiger partial charge in [-0.1, -0.05) is 6.07 Å². The van der Waals surface area contributed by atoms with E-state index in [9.17, 15) is 22.4 Å². The molecule has 3 aromatic rings. The minimum absolute atomic E-state index is 0.0128. The lowest BCUT2D eigenvalue weighted by Gasteiger charge is -2.28. The number of benzene rings is 1. The standard InChI is InChI=1S/C21H20F4N4O3/c1-4-29(12(2)11-31-17-9-8-14(10-26-17)21(23,24)25)20(30)15-6-5-7-16(22)18(15)19-28-27-13(3)32-19/h5-10,12H,4,11H2,1-3H3/t12-/m0/s1. The summed E-state index contributed by atoms with van der Waals surface area (Å²) in [5.74, 6) is -1.08. The van der Waals surface area contributed by atoms with Crippen molar-refractivity contribution < 1.29 is 31.5 Å². The van der Waals surface area contributed by atoms with E-state index in [4.69, 9.17) is 9.15 Å². The lowest BCUT2D eigenvalue weighted by atomic mass is 10.0. The number of nitrogens with zero attached hydrogens (tertiary/aromatic N) is 4. The number of alkyl halides is 3. The van der Waals surface area contributed by atoms with E-state index >= 15 is 0 Å². The molecule has 0 spiro atoms. The molecule has 0 saturated heterocycles. The van der Waals surface area contributed by atoms with Crippen molar-refractivity contribution >= 4 is 5.91 Å². The molecular weight excluding hydrogens is 432 g/mol. The molecule has 3 rings (SSSR count). The number of amides is 1. The number of carbonyl (C=O) groups excluding carboxylic acids is 1. The minimum atomic E-state index is -4.50. The molecule has 1 atom stereocenters. The van der Waals surface area contributed by atoms with Gasteiger partial charge in [-0.2, -0.15) is 13.2 Å². The summed E-state index contributed by atoms with van der Waals surface area (Å²) in [5, 5.41) is 7.49. The number of pyridine rings is 1. The molecule has 0 aliphatic rings. The number of hydrogen-bond acceptors (Lipinski definition) is 6. The number of carbonyl (C=O) groups is 1. The van der Waals surface area contributed by atoms with Gasteiger partial charge < -0.3 is 14.1 Å². The van der Waals surface area contributed by atoms with Crippen molar-refractivity contribution in [1.29, 1.82) is 0 Å². The van der Waals surface area contributed by atoms with Crippen LogP contribution in [-0.2, 0) is 6.18 Å². The summed E-state index contributed by atoms with van der Waals surface area (Å²) in [6.07, 6.45) is -3.82. The zero-order valence-corrected chi connectivity index (χ0v) is 17.5. The summed E-state index contributed by atoms with van der Waals surface area (Å²) in [6.45, 7) is 5.21. The highest BCUT2D eigenvalue weighted by molar-refractivity contribution is 6.00. The van der Waals surface area contributed by atoms with Gasteiger partial charge in [0.05, 0.1) is 22.7 Å². The average Bonchev–Trinajstić information content (AvgIpc) is 3.18. The second-order valence-corrected chi connectivity index (χ2v) is 6.92. The van der Waals surface area contributed by atoms with Crippen LogP contribution in [0, 0.1) is 12.7 Å². The quantitative estimate of drug-likeness (QED) is 0.490. The highest BCUT2D eigenvalue weighted by Crippen LogP contribution is 2.30. The maximum Gasteiger partial charge on any atom is 0.417 e. The first-order chi connectivity index (χ1) is 15.1. The van der Waals surface area contributed by atoms with Crippen molar-refractivity contribution in [3.05, 3.63) is 59.4 Å². The molecule has 0 N–H and O–H groups in total. The smallest absolute Gasteiger partial charge is 0.417 e. The molecule has 2 heterocycles. The third kappa shape index (κ3) is 5.04. The summed E-state index contributed by atoms with van der Waals surface area (Å²) in [4.78, 5) is 18.3. The van der Waals surface area contributed by atoms with Gasteiger partial charge in [0, 0.05) is 25.7 Å². The Kier molecular flexibility index (Phi) is 6.75. The van der Waals surface area contributed by atoms with Crippen molar-refractivity contribution in [3.63, 3.8) is 0 Å². The number of rotatable bonds is 7. The average molecular weight is 452 g/mol. The molecule has 0 aliphatic carbocycles. The largest absolute Gasteiger partial charge is 0.475 e. The van der Waals surface area contributed by atoms with Crippen LogP contribution in [0.4, 0.5) is 17.6 Å². The number of aromatic nitrogens is 3. The summed E-state index contributed by atoms with van der Waals surface area (Å²) >= 11 is 0. The van der Waals surface area contributed by atoms with Crippen LogP contribution in [0.5, 0.6) is 5.88 Å². The van der Waals surface area contributed by atoms with Crippen LogP contribution < -0.4 is 4.74 Å². The first-order valence-electron chi connectivity index (χ1n) is 9.67. The summed E-state index contributed by atoms with van der Waals surface area (Å²) in [6, 6.07) is 5.50. The Hall–Kier alpha value is -3.50. The molecule has 1 aromatic carbocycles. The molecular formula is C21H20F4N4O3. The van der Waals surface area contributed by atoms with Crippen LogP contribution in [0.1, 0.15) is 35.7 Å². The SMILES string of the molecule is CCN(C(=O)c1cccc(F)c1-c1nnc(C)o1)[C@@H](C)COc1ccc(C(F)(F)F)cn1. The zero-order valence-electron chi connectivity index (χ0n) is 17.5. The third-order valence-electron chi connectivity index (χ3n) is 4.65. The van der Waals surface area contributed by atoms with Crippen LogP contribution in [0.15, 0.2) is 40.9 Å². The maximum atomic E-state index is 14.5. The fourth-order valence-corrected chi connectivity index (χ4v) is 3.06. The lowest BCUT2D eigenvalue weighted by molar-refractivity contribution is -0.137. The molecule has 0 aliphatic heterocycles. The van der Waals surface area contributed by atoms with E-state index in [1.54, 1.807) is 20.8 Å². The van der Waals surface area contributed by atoms with Gasteiger partial charge in [0.1, 0.15) is 12.4 Å². The highest BCUT2D eigenvalue weighted by atomic mass is 19.4. The highest BCUT2D eigenvalue weighted by Gasteiger charge is 2.31. The predicted octanol–water partition coefficient (Wildman–Crippen LogP) is 4.53. The van der Waals surface area contributed by atoms with E-state index in [0.717, 1.165) is 12.1 Å². The van der Waals surface area contributed by atoms with E-state index in [2.05, 4.69) is 15.2 Å². The van der Waals surface area contributed by atoms with Crippen LogP contribution >= 0.6 is 0 Å². The van der Waals surface area contributed by atoms with Crippen LogP contribution in [0.25, 0.3) is 11.5 Å². The van der Waals surface area contributed by atoms with Crippen molar-refractivity contribution in [2.75, 3.05) is 13.2 Å². The normalized spacial score (nSPS) is 12.5. The second kappa shape index (κ2) is 9.33. The molecule has 0 bridgehead atoms. The molecule has 0 fully saturated rings. The van der Waals surface area contributed by atoms with Gasteiger partial charge in [-0.3, -0.25) is 4.79 Å². The molecule has 170 valence electrons. The van der Waals surface area contributed by atoms with E-state index in [1.165, 1.54) is 23.1 Å². The number of ether oxygens (including phenoxy) is 1. The predicted molar refractivity (Wildman–Crippen MR) is 105 cm³/mol. The molecule has 0 unspecified atom stereocenters. The van der Waals surface area contributed by atoms with Crippen LogP contribution in [-0.4, -0.2) is 45.2 Å². The molecule has 11 heteroatoms. The van der Waals surface area contributed by atoms with Crippen molar-refractivity contribution in [2.24, 2.45) is 0 Å². The zero-order chi connectivity index (χ0) is 23.5. The van der Waals surface area contributed by atoms with E-state index < -0.39 is 29.5 Å². The second-order valence-electron chi connectivity index (χ2n) is 6.92. The number of likely N-dealkylation sites (N-methyl/N-ethyl adjacent to an activating group) is 1. The van der Waals surface area contributed by atoms with Gasteiger partial charge in [-0.15, -0.1) is 10.2 Å². The Bertz CT molecular complexity index is 1080. The monoisotopic (exact) mass is 452 g/mol. The van der Waals surface area contributed by atoms with Gasteiger partial charge in [0.2, 0.25) is 11.8 Å². The van der Waals surface area contributed by atoms with Crippen molar-refractivity contribution in [1.82, 2.24) is 20.1 Å². The molecule has 1 amide bonds. The maximum absolute atomic E-state index is 14.5. The fourth-order valence-electron chi connectivity index (χ4n) is 3.06. The Morgan fingerprint density at radius 2 is 1.97 bits per heavy atom. The van der Waals surface area contributed by atoms with Gasteiger partial charge >= 0.3 is 6.18 Å². The molecule has 0 saturated carbocycles. The Balaban J connectivity index is 1.77. The van der Waals surface area contributed by atoms with Crippen molar-refractivity contribution in [3.8, 4) is 17.3 Å². The minimum Gasteiger partial charge on any atom is -0.475 e. The Morgan fingerprint density at radius 1 is 1.22 bits per heavy atom. The number of aryl methyl sites for hydroxylation is 1. The van der Waals surface area contributed by atoms with Gasteiger partial charge in [0.25, 0.3) is 11.8 Å². The van der Waals surface area contributed by atoms with Crippen LogP contribution in [0.2, 0.25) is 0 Å². The van der Waals surface area contributed by atoms with Crippen molar-refractivity contribution in [2.45, 2.75) is 33.0 Å². The topological polar surface area (TPSA) is 81.4 Å². The lowest BCUT2D eigenvalue weighted by Crippen LogP contribution is -2.42. The first-order valence-corrected chi connectivity index (χ1v) is 9.67.